The number of carbonyl (C=O) groups is 1. The number of carboxylic acids is 1. The maximum absolute atomic E-state index is 12.3. The molecular weight excluding hydrogens is 223 g/mol. The van der Waals surface area contributed by atoms with E-state index in [9.17, 15) is 18.0 Å². The predicted octanol–water partition coefficient (Wildman–Crippen LogP) is 1.90. The molecule has 86 valence electrons. The first-order valence-electron chi connectivity index (χ1n) is 4.65. The lowest BCUT2D eigenvalue weighted by Gasteiger charge is -2.06. The average Bonchev–Trinajstić information content (AvgIpc) is 2.58. The predicted molar refractivity (Wildman–Crippen MR) is 47.8 cm³/mol. The highest BCUT2D eigenvalue weighted by Gasteiger charge is 2.35. The molecule has 1 N–H and O–H groups in total. The average molecular weight is 231 g/mol. The quantitative estimate of drug-likeness (QED) is 0.803. The van der Waals surface area contributed by atoms with Crippen LogP contribution in [-0.4, -0.2) is 16.1 Å². The van der Waals surface area contributed by atoms with Gasteiger partial charge in [0.05, 0.1) is 5.92 Å². The van der Waals surface area contributed by atoms with Crippen molar-refractivity contribution in [1.29, 1.82) is 0 Å². The molecule has 0 aromatic carbocycles. The Balaban J connectivity index is 2.31. The number of rotatable bonds is 1. The summed E-state index contributed by atoms with van der Waals surface area (Å²) in [6.07, 6.45) is -2.94. The van der Waals surface area contributed by atoms with Gasteiger partial charge in [-0.3, -0.25) is 9.78 Å². The van der Waals surface area contributed by atoms with Crippen LogP contribution < -0.4 is 0 Å². The topological polar surface area (TPSA) is 50.2 Å². The van der Waals surface area contributed by atoms with E-state index in [4.69, 9.17) is 5.11 Å². The second-order valence-corrected chi connectivity index (χ2v) is 3.78. The van der Waals surface area contributed by atoms with Crippen LogP contribution in [0.2, 0.25) is 0 Å². The molecule has 16 heavy (non-hydrogen) atoms. The van der Waals surface area contributed by atoms with Gasteiger partial charge in [0.15, 0.2) is 0 Å². The number of halogens is 3. The van der Waals surface area contributed by atoms with Crippen molar-refractivity contribution in [2.45, 2.75) is 19.0 Å². The number of alkyl halides is 3. The zero-order chi connectivity index (χ0) is 11.9. The van der Waals surface area contributed by atoms with Crippen molar-refractivity contribution < 1.29 is 23.1 Å². The Morgan fingerprint density at radius 1 is 1.38 bits per heavy atom. The molecule has 3 nitrogen and oxygen atoms in total. The van der Waals surface area contributed by atoms with Crippen LogP contribution in [0.3, 0.4) is 0 Å². The first-order chi connectivity index (χ1) is 7.38. The van der Waals surface area contributed by atoms with Crippen molar-refractivity contribution in [3.63, 3.8) is 0 Å². The zero-order valence-corrected chi connectivity index (χ0v) is 8.08. The summed E-state index contributed by atoms with van der Waals surface area (Å²) >= 11 is 0. The van der Waals surface area contributed by atoms with Gasteiger partial charge in [0.2, 0.25) is 0 Å². The molecular formula is C10H8F3NO2. The van der Waals surface area contributed by atoms with Crippen molar-refractivity contribution >= 4 is 5.97 Å². The minimum Gasteiger partial charge on any atom is -0.481 e. The van der Waals surface area contributed by atoms with Crippen LogP contribution in [-0.2, 0) is 23.8 Å². The van der Waals surface area contributed by atoms with Crippen molar-refractivity contribution in [2.24, 2.45) is 5.92 Å². The molecule has 1 aliphatic carbocycles. The third-order valence-electron chi connectivity index (χ3n) is 2.66. The number of aromatic nitrogens is 1. The summed E-state index contributed by atoms with van der Waals surface area (Å²) in [5.74, 6) is -1.61. The molecule has 1 aromatic rings. The van der Waals surface area contributed by atoms with Gasteiger partial charge in [-0.2, -0.15) is 13.2 Å². The molecule has 0 fully saturated rings. The van der Waals surface area contributed by atoms with Crippen molar-refractivity contribution in [1.82, 2.24) is 4.98 Å². The van der Waals surface area contributed by atoms with Crippen LogP contribution in [0, 0.1) is 5.92 Å². The minimum atomic E-state index is -4.48. The van der Waals surface area contributed by atoms with E-state index in [0.717, 1.165) is 12.3 Å². The summed E-state index contributed by atoms with van der Waals surface area (Å²) in [5, 5.41) is 8.77. The maximum Gasteiger partial charge on any atom is 0.433 e. The number of fused-ring (bicyclic) bond motifs is 1. The number of carboxylic acid groups (broad SMARTS) is 1. The van der Waals surface area contributed by atoms with E-state index in [1.54, 1.807) is 0 Å². The largest absolute Gasteiger partial charge is 0.481 e. The third-order valence-corrected chi connectivity index (χ3v) is 2.66. The summed E-state index contributed by atoms with van der Waals surface area (Å²) in [4.78, 5) is 14.0. The number of pyridine rings is 1. The summed E-state index contributed by atoms with van der Waals surface area (Å²) in [7, 11) is 0. The Morgan fingerprint density at radius 3 is 2.56 bits per heavy atom. The van der Waals surface area contributed by atoms with Gasteiger partial charge in [0.25, 0.3) is 0 Å². The Kier molecular flexibility index (Phi) is 2.36. The van der Waals surface area contributed by atoms with Crippen molar-refractivity contribution in [3.05, 3.63) is 29.1 Å². The molecule has 1 aliphatic rings. The van der Waals surface area contributed by atoms with Gasteiger partial charge in [0.1, 0.15) is 5.69 Å². The van der Waals surface area contributed by atoms with Crippen LogP contribution in [0.4, 0.5) is 13.2 Å². The maximum atomic E-state index is 12.3. The second kappa shape index (κ2) is 3.47. The molecule has 2 rings (SSSR count). The van der Waals surface area contributed by atoms with Crippen LogP contribution in [0.5, 0.6) is 0 Å². The Labute approximate surface area is 88.9 Å². The number of hydrogen-bond donors (Lipinski definition) is 1. The lowest BCUT2D eigenvalue weighted by atomic mass is 10.1. The van der Waals surface area contributed by atoms with Gasteiger partial charge in [0, 0.05) is 6.20 Å². The summed E-state index contributed by atoms with van der Waals surface area (Å²) < 4.78 is 37.0. The first-order valence-corrected chi connectivity index (χ1v) is 4.65. The fraction of sp³-hybridized carbons (Fsp3) is 0.400. The summed E-state index contributed by atoms with van der Waals surface area (Å²) in [6, 6.07) is 0.943. The van der Waals surface area contributed by atoms with Gasteiger partial charge in [-0.25, -0.2) is 0 Å². The lowest BCUT2D eigenvalue weighted by molar-refractivity contribution is -0.141. The Morgan fingerprint density at radius 2 is 2.00 bits per heavy atom. The van der Waals surface area contributed by atoms with Crippen LogP contribution in [0.1, 0.15) is 16.8 Å². The fourth-order valence-electron chi connectivity index (χ4n) is 1.83. The van der Waals surface area contributed by atoms with E-state index in [1.165, 1.54) is 0 Å². The van der Waals surface area contributed by atoms with Gasteiger partial charge >= 0.3 is 12.1 Å². The van der Waals surface area contributed by atoms with E-state index in [1.807, 2.05) is 0 Å². The third kappa shape index (κ3) is 1.87. The molecule has 6 heteroatoms. The zero-order valence-electron chi connectivity index (χ0n) is 8.08. The van der Waals surface area contributed by atoms with E-state index < -0.39 is 23.8 Å². The van der Waals surface area contributed by atoms with E-state index >= 15 is 0 Å². The molecule has 0 saturated carbocycles. The fourth-order valence-corrected chi connectivity index (χ4v) is 1.83. The molecule has 1 heterocycles. The molecule has 0 spiro atoms. The highest BCUT2D eigenvalue weighted by molar-refractivity contribution is 5.72. The van der Waals surface area contributed by atoms with Crippen LogP contribution in [0.25, 0.3) is 0 Å². The monoisotopic (exact) mass is 231 g/mol. The SMILES string of the molecule is O=C(O)C1Cc2cnc(C(F)(F)F)cc2C1. The molecule has 1 unspecified atom stereocenters. The highest BCUT2D eigenvalue weighted by atomic mass is 19.4. The molecule has 0 radical (unpaired) electrons. The summed E-state index contributed by atoms with van der Waals surface area (Å²) in [5.41, 5.74) is 0.0763. The molecule has 0 aliphatic heterocycles. The standard InChI is InChI=1S/C10H8F3NO2/c11-10(12,13)8-3-5-1-6(9(15)16)2-7(5)4-14-8/h3-4,6H,1-2H2,(H,15,16). The normalized spacial score (nSPS) is 19.6. The molecule has 0 bridgehead atoms. The van der Waals surface area contributed by atoms with Gasteiger partial charge in [-0.1, -0.05) is 0 Å². The Bertz CT molecular complexity index is 442. The highest BCUT2D eigenvalue weighted by Crippen LogP contribution is 2.32. The Hall–Kier alpha value is -1.59. The van der Waals surface area contributed by atoms with E-state index in [0.29, 0.717) is 11.1 Å². The molecule has 1 aromatic heterocycles. The number of aliphatic carboxylic acids is 1. The van der Waals surface area contributed by atoms with Crippen molar-refractivity contribution in [2.75, 3.05) is 0 Å². The van der Waals surface area contributed by atoms with Crippen LogP contribution in [0.15, 0.2) is 12.3 Å². The second-order valence-electron chi connectivity index (χ2n) is 3.78. The van der Waals surface area contributed by atoms with Crippen LogP contribution >= 0.6 is 0 Å². The minimum absolute atomic E-state index is 0.149. The van der Waals surface area contributed by atoms with Gasteiger partial charge < -0.3 is 5.11 Å². The molecule has 1 atom stereocenters. The molecule has 0 saturated heterocycles. The molecule has 0 amide bonds. The number of hydrogen-bond acceptors (Lipinski definition) is 2. The first kappa shape index (κ1) is 10.9. The van der Waals surface area contributed by atoms with E-state index in [-0.39, 0.29) is 12.8 Å². The van der Waals surface area contributed by atoms with Gasteiger partial charge in [-0.05, 0) is 30.0 Å². The smallest absolute Gasteiger partial charge is 0.433 e. The lowest BCUT2D eigenvalue weighted by Crippen LogP contribution is -2.12. The van der Waals surface area contributed by atoms with E-state index in [2.05, 4.69) is 4.98 Å². The number of nitrogens with zero attached hydrogens (tertiary/aromatic N) is 1. The summed E-state index contributed by atoms with van der Waals surface area (Å²) in [6.45, 7) is 0. The van der Waals surface area contributed by atoms with Gasteiger partial charge in [-0.15, -0.1) is 0 Å². The van der Waals surface area contributed by atoms with Crippen molar-refractivity contribution in [3.8, 4) is 0 Å².